The Kier molecular flexibility index (Phi) is 3.33. The van der Waals surface area contributed by atoms with Crippen LogP contribution in [-0.2, 0) is 9.47 Å². The minimum Gasteiger partial charge on any atom is -0.449 e. The molecule has 0 radical (unpaired) electrons. The van der Waals surface area contributed by atoms with Gasteiger partial charge in [0.05, 0.1) is 19.8 Å². The number of carbonyl (C=O) groups excluding carboxylic acids is 1. The maximum atomic E-state index is 13.6. The monoisotopic (exact) mass is 231 g/mol. The van der Waals surface area contributed by atoms with Gasteiger partial charge in [-0.2, -0.15) is 0 Å². The number of hydrogen-bond acceptors (Lipinski definition) is 3. The minimum atomic E-state index is -1.07. The number of carbonyl (C=O) groups is 1. The van der Waals surface area contributed by atoms with Crippen molar-refractivity contribution in [3.63, 3.8) is 0 Å². The highest BCUT2D eigenvalue weighted by Crippen LogP contribution is 2.39. The molecule has 0 aromatic heterocycles. The summed E-state index contributed by atoms with van der Waals surface area (Å²) in [6.07, 6.45) is 0.949. The highest BCUT2D eigenvalue weighted by Gasteiger charge is 2.55. The Labute approximate surface area is 94.7 Å². The first-order chi connectivity index (χ1) is 7.68. The third-order valence-electron chi connectivity index (χ3n) is 3.25. The van der Waals surface area contributed by atoms with Crippen LogP contribution in [0.1, 0.15) is 26.2 Å². The second-order valence-corrected chi connectivity index (χ2v) is 4.48. The van der Waals surface area contributed by atoms with Gasteiger partial charge in [0.25, 0.3) is 0 Å². The summed E-state index contributed by atoms with van der Waals surface area (Å²) in [4.78, 5) is 13.0. The minimum absolute atomic E-state index is 0.102. The molecule has 0 bridgehead atoms. The molecular formula is C11H18FNO3. The smallest absolute Gasteiger partial charge is 0.409 e. The van der Waals surface area contributed by atoms with E-state index in [1.165, 1.54) is 4.90 Å². The summed E-state index contributed by atoms with van der Waals surface area (Å²) in [6.45, 7) is 3.58. The SMILES string of the molecule is CCCCOC(=O)N1CCC2(CO2)C(F)C1. The van der Waals surface area contributed by atoms with Crippen LogP contribution in [-0.4, -0.2) is 49.1 Å². The van der Waals surface area contributed by atoms with Gasteiger partial charge in [0.2, 0.25) is 0 Å². The molecule has 2 unspecified atom stereocenters. The number of epoxide rings is 1. The molecule has 92 valence electrons. The second-order valence-electron chi connectivity index (χ2n) is 4.48. The molecule has 0 aromatic carbocycles. The Morgan fingerprint density at radius 1 is 1.69 bits per heavy atom. The first-order valence-electron chi connectivity index (χ1n) is 5.88. The number of nitrogens with zero attached hydrogens (tertiary/aromatic N) is 1. The summed E-state index contributed by atoms with van der Waals surface area (Å²) in [5.41, 5.74) is -0.569. The lowest BCUT2D eigenvalue weighted by atomic mass is 9.96. The number of unbranched alkanes of at least 4 members (excludes halogenated alkanes) is 1. The van der Waals surface area contributed by atoms with Crippen molar-refractivity contribution in [2.24, 2.45) is 0 Å². The van der Waals surface area contributed by atoms with E-state index in [-0.39, 0.29) is 6.54 Å². The molecule has 2 aliphatic rings. The second kappa shape index (κ2) is 4.57. The molecular weight excluding hydrogens is 213 g/mol. The van der Waals surface area contributed by atoms with Crippen LogP contribution >= 0.6 is 0 Å². The van der Waals surface area contributed by atoms with Crippen LogP contribution in [0.4, 0.5) is 9.18 Å². The summed E-state index contributed by atoms with van der Waals surface area (Å²) in [6, 6.07) is 0. The van der Waals surface area contributed by atoms with Crippen LogP contribution in [0.5, 0.6) is 0 Å². The molecule has 2 saturated heterocycles. The summed E-state index contributed by atoms with van der Waals surface area (Å²) >= 11 is 0. The highest BCUT2D eigenvalue weighted by atomic mass is 19.1. The lowest BCUT2D eigenvalue weighted by Crippen LogP contribution is -2.49. The van der Waals surface area contributed by atoms with Gasteiger partial charge in [-0.15, -0.1) is 0 Å². The van der Waals surface area contributed by atoms with Crippen LogP contribution in [0.15, 0.2) is 0 Å². The van der Waals surface area contributed by atoms with Crippen LogP contribution in [0.3, 0.4) is 0 Å². The fourth-order valence-electron chi connectivity index (χ4n) is 1.91. The molecule has 2 heterocycles. The molecule has 1 amide bonds. The van der Waals surface area contributed by atoms with Crippen molar-refractivity contribution in [3.8, 4) is 0 Å². The molecule has 2 fully saturated rings. The molecule has 0 N–H and O–H groups in total. The van der Waals surface area contributed by atoms with Gasteiger partial charge in [-0.1, -0.05) is 13.3 Å². The Hall–Kier alpha value is -0.840. The zero-order chi connectivity index (χ0) is 11.6. The number of likely N-dealkylation sites (tertiary alicyclic amines) is 1. The number of rotatable bonds is 3. The predicted molar refractivity (Wildman–Crippen MR) is 56.0 cm³/mol. The lowest BCUT2D eigenvalue weighted by molar-refractivity contribution is 0.0400. The van der Waals surface area contributed by atoms with Crippen molar-refractivity contribution in [1.82, 2.24) is 4.90 Å². The van der Waals surface area contributed by atoms with Gasteiger partial charge in [0.15, 0.2) is 0 Å². The van der Waals surface area contributed by atoms with Crippen molar-refractivity contribution in [2.45, 2.75) is 38.0 Å². The molecule has 1 spiro atoms. The number of hydrogen-bond donors (Lipinski definition) is 0. The van der Waals surface area contributed by atoms with Gasteiger partial charge >= 0.3 is 6.09 Å². The third-order valence-corrected chi connectivity index (χ3v) is 3.25. The maximum Gasteiger partial charge on any atom is 0.409 e. The van der Waals surface area contributed by atoms with E-state index in [1.54, 1.807) is 0 Å². The zero-order valence-electron chi connectivity index (χ0n) is 9.58. The average Bonchev–Trinajstić information content (AvgIpc) is 3.04. The predicted octanol–water partition coefficient (Wildman–Crippen LogP) is 1.74. The van der Waals surface area contributed by atoms with Gasteiger partial charge in [0.1, 0.15) is 11.8 Å². The Morgan fingerprint density at radius 3 is 3.00 bits per heavy atom. The average molecular weight is 231 g/mol. The van der Waals surface area contributed by atoms with Gasteiger partial charge < -0.3 is 14.4 Å². The van der Waals surface area contributed by atoms with Crippen molar-refractivity contribution in [1.29, 1.82) is 0 Å². The first kappa shape index (κ1) is 11.6. The van der Waals surface area contributed by atoms with E-state index in [0.717, 1.165) is 12.8 Å². The molecule has 0 aliphatic carbocycles. The number of ether oxygens (including phenoxy) is 2. The fourth-order valence-corrected chi connectivity index (χ4v) is 1.91. The summed E-state index contributed by atoms with van der Waals surface area (Å²) in [5.74, 6) is 0. The summed E-state index contributed by atoms with van der Waals surface area (Å²) < 4.78 is 23.8. The van der Waals surface area contributed by atoms with Crippen molar-refractivity contribution in [3.05, 3.63) is 0 Å². The van der Waals surface area contributed by atoms with Crippen LogP contribution < -0.4 is 0 Å². The Morgan fingerprint density at radius 2 is 2.44 bits per heavy atom. The van der Waals surface area contributed by atoms with Gasteiger partial charge in [-0.3, -0.25) is 0 Å². The molecule has 0 aromatic rings. The number of amides is 1. The van der Waals surface area contributed by atoms with E-state index >= 15 is 0 Å². The van der Waals surface area contributed by atoms with E-state index in [2.05, 4.69) is 0 Å². The van der Waals surface area contributed by atoms with E-state index in [1.807, 2.05) is 6.92 Å². The normalized spacial score (nSPS) is 32.9. The van der Waals surface area contributed by atoms with Crippen LogP contribution in [0, 0.1) is 0 Å². The fraction of sp³-hybridized carbons (Fsp3) is 0.909. The van der Waals surface area contributed by atoms with E-state index < -0.39 is 17.9 Å². The number of halogens is 1. The quantitative estimate of drug-likeness (QED) is 0.549. The first-order valence-corrected chi connectivity index (χ1v) is 5.88. The number of alkyl halides is 1. The molecule has 4 nitrogen and oxygen atoms in total. The zero-order valence-corrected chi connectivity index (χ0v) is 9.58. The van der Waals surface area contributed by atoms with E-state index in [4.69, 9.17) is 9.47 Å². The Bertz CT molecular complexity index is 268. The van der Waals surface area contributed by atoms with Gasteiger partial charge in [-0.25, -0.2) is 9.18 Å². The third kappa shape index (κ3) is 2.29. The maximum absolute atomic E-state index is 13.6. The summed E-state index contributed by atoms with van der Waals surface area (Å²) in [5, 5.41) is 0. The van der Waals surface area contributed by atoms with E-state index in [9.17, 15) is 9.18 Å². The summed E-state index contributed by atoms with van der Waals surface area (Å²) in [7, 11) is 0. The Balaban J connectivity index is 1.76. The van der Waals surface area contributed by atoms with E-state index in [0.29, 0.717) is 26.2 Å². The molecule has 16 heavy (non-hydrogen) atoms. The van der Waals surface area contributed by atoms with Gasteiger partial charge in [-0.05, 0) is 12.8 Å². The number of piperidine rings is 1. The molecule has 2 atom stereocenters. The molecule has 5 heteroatoms. The van der Waals surface area contributed by atoms with Crippen LogP contribution in [0.25, 0.3) is 0 Å². The topological polar surface area (TPSA) is 42.1 Å². The van der Waals surface area contributed by atoms with Crippen LogP contribution in [0.2, 0.25) is 0 Å². The lowest BCUT2D eigenvalue weighted by Gasteiger charge is -2.32. The van der Waals surface area contributed by atoms with Gasteiger partial charge in [0, 0.05) is 6.54 Å². The van der Waals surface area contributed by atoms with Crippen molar-refractivity contribution < 1.29 is 18.7 Å². The molecule has 0 saturated carbocycles. The van der Waals surface area contributed by atoms with Crippen molar-refractivity contribution >= 4 is 6.09 Å². The largest absolute Gasteiger partial charge is 0.449 e. The standard InChI is InChI=1S/C11H18FNO3/c1-2-3-6-15-10(14)13-5-4-11(8-16-11)9(12)7-13/h9H,2-8H2,1H3. The molecule has 2 aliphatic heterocycles. The highest BCUT2D eigenvalue weighted by molar-refractivity contribution is 5.67. The van der Waals surface area contributed by atoms with Crippen molar-refractivity contribution in [2.75, 3.05) is 26.3 Å². The molecule has 2 rings (SSSR count).